The van der Waals surface area contributed by atoms with E-state index >= 15 is 0 Å². The van der Waals surface area contributed by atoms with Crippen LogP contribution in [0.2, 0.25) is 0 Å². The third kappa shape index (κ3) is 2.31. The molecule has 0 unspecified atom stereocenters. The highest BCUT2D eigenvalue weighted by molar-refractivity contribution is 5.64. The molecule has 1 N–H and O–H groups in total. The highest BCUT2D eigenvalue weighted by Gasteiger charge is 2.27. The van der Waals surface area contributed by atoms with Crippen LogP contribution < -0.4 is 4.90 Å². The zero-order valence-corrected chi connectivity index (χ0v) is 10.7. The van der Waals surface area contributed by atoms with Crippen LogP contribution in [0.25, 0.3) is 0 Å². The molecule has 0 bridgehead atoms. The van der Waals surface area contributed by atoms with Gasteiger partial charge in [-0.05, 0) is 37.8 Å². The fourth-order valence-electron chi connectivity index (χ4n) is 2.22. The average Bonchev–Trinajstić information content (AvgIpc) is 2.25. The number of nitro benzene ring substituents is 1. The van der Waals surface area contributed by atoms with Crippen LogP contribution >= 0.6 is 0 Å². The Morgan fingerprint density at radius 2 is 2.17 bits per heavy atom. The number of hydrogen-bond donors (Lipinski definition) is 1. The van der Waals surface area contributed by atoms with Gasteiger partial charge in [0.15, 0.2) is 0 Å². The average molecular weight is 250 g/mol. The molecule has 98 valence electrons. The van der Waals surface area contributed by atoms with Crippen LogP contribution in [-0.2, 0) is 0 Å². The Bertz CT molecular complexity index is 456. The van der Waals surface area contributed by atoms with Crippen LogP contribution in [0.4, 0.5) is 11.4 Å². The standard InChI is InChI=1S/C13H18N2O3/c1-9(16)10-6-7-12(13(8-10)15(17)18)14(2)11-4-3-5-11/h6-9,11,16H,3-5H2,1-2H3/t9-/m1/s1. The fraction of sp³-hybridized carbons (Fsp3) is 0.538. The predicted molar refractivity (Wildman–Crippen MR) is 69.8 cm³/mol. The van der Waals surface area contributed by atoms with Crippen LogP contribution in [0.1, 0.15) is 37.9 Å². The SMILES string of the molecule is C[C@@H](O)c1ccc(N(C)C2CCC2)c([N+](=O)[O-])c1. The summed E-state index contributed by atoms with van der Waals surface area (Å²) < 4.78 is 0. The molecule has 1 aromatic rings. The lowest BCUT2D eigenvalue weighted by molar-refractivity contribution is -0.384. The quantitative estimate of drug-likeness (QED) is 0.659. The Morgan fingerprint density at radius 1 is 1.50 bits per heavy atom. The van der Waals surface area contributed by atoms with Gasteiger partial charge in [-0.15, -0.1) is 0 Å². The van der Waals surface area contributed by atoms with E-state index in [1.165, 1.54) is 12.5 Å². The summed E-state index contributed by atoms with van der Waals surface area (Å²) in [6.07, 6.45) is 2.68. The van der Waals surface area contributed by atoms with Gasteiger partial charge >= 0.3 is 0 Å². The summed E-state index contributed by atoms with van der Waals surface area (Å²) in [7, 11) is 1.90. The van der Waals surface area contributed by atoms with Crippen molar-refractivity contribution in [2.75, 3.05) is 11.9 Å². The second-order valence-corrected chi connectivity index (χ2v) is 4.88. The van der Waals surface area contributed by atoms with Gasteiger partial charge in [0.2, 0.25) is 0 Å². The van der Waals surface area contributed by atoms with Crippen molar-refractivity contribution >= 4 is 11.4 Å². The van der Waals surface area contributed by atoms with E-state index in [-0.39, 0.29) is 10.6 Å². The van der Waals surface area contributed by atoms with Crippen molar-refractivity contribution in [1.29, 1.82) is 0 Å². The minimum atomic E-state index is -0.688. The Morgan fingerprint density at radius 3 is 2.61 bits per heavy atom. The maximum absolute atomic E-state index is 11.1. The molecular weight excluding hydrogens is 232 g/mol. The summed E-state index contributed by atoms with van der Waals surface area (Å²) in [5.74, 6) is 0. The van der Waals surface area contributed by atoms with E-state index in [9.17, 15) is 15.2 Å². The topological polar surface area (TPSA) is 66.6 Å². The molecular formula is C13H18N2O3. The van der Waals surface area contributed by atoms with Crippen LogP contribution in [0, 0.1) is 10.1 Å². The second kappa shape index (κ2) is 4.94. The van der Waals surface area contributed by atoms with Crippen molar-refractivity contribution in [2.24, 2.45) is 0 Å². The van der Waals surface area contributed by atoms with E-state index in [2.05, 4.69) is 0 Å². The van der Waals surface area contributed by atoms with Gasteiger partial charge in [0.25, 0.3) is 5.69 Å². The summed E-state index contributed by atoms with van der Waals surface area (Å²) in [5.41, 5.74) is 1.28. The normalized spacial score (nSPS) is 17.1. The van der Waals surface area contributed by atoms with E-state index in [1.54, 1.807) is 19.1 Å². The lowest BCUT2D eigenvalue weighted by Gasteiger charge is -2.36. The predicted octanol–water partition coefficient (Wildman–Crippen LogP) is 2.64. The molecule has 0 heterocycles. The van der Waals surface area contributed by atoms with Gasteiger partial charge in [-0.25, -0.2) is 0 Å². The van der Waals surface area contributed by atoms with Crippen LogP contribution in [0.5, 0.6) is 0 Å². The van der Waals surface area contributed by atoms with Gasteiger partial charge < -0.3 is 10.0 Å². The van der Waals surface area contributed by atoms with E-state index in [0.29, 0.717) is 17.3 Å². The third-order valence-corrected chi connectivity index (χ3v) is 3.68. The smallest absolute Gasteiger partial charge is 0.292 e. The van der Waals surface area contributed by atoms with Crippen molar-refractivity contribution in [3.8, 4) is 0 Å². The lowest BCUT2D eigenvalue weighted by atomic mass is 9.91. The molecule has 1 fully saturated rings. The number of aliphatic hydroxyl groups excluding tert-OH is 1. The maximum atomic E-state index is 11.1. The fourth-order valence-corrected chi connectivity index (χ4v) is 2.22. The number of aliphatic hydroxyl groups is 1. The Hall–Kier alpha value is -1.62. The zero-order chi connectivity index (χ0) is 13.3. The molecule has 1 saturated carbocycles. The first-order valence-corrected chi connectivity index (χ1v) is 6.20. The van der Waals surface area contributed by atoms with Crippen molar-refractivity contribution in [2.45, 2.75) is 38.3 Å². The maximum Gasteiger partial charge on any atom is 0.292 e. The molecule has 0 spiro atoms. The molecule has 1 aliphatic carbocycles. The lowest BCUT2D eigenvalue weighted by Crippen LogP contribution is -2.37. The van der Waals surface area contributed by atoms with Crippen LogP contribution in [0.15, 0.2) is 18.2 Å². The van der Waals surface area contributed by atoms with Crippen LogP contribution in [0.3, 0.4) is 0 Å². The van der Waals surface area contributed by atoms with E-state index in [4.69, 9.17) is 0 Å². The van der Waals surface area contributed by atoms with Gasteiger partial charge in [0.05, 0.1) is 11.0 Å². The number of anilines is 1. The number of benzene rings is 1. The first-order chi connectivity index (χ1) is 8.50. The molecule has 5 nitrogen and oxygen atoms in total. The molecule has 5 heteroatoms. The molecule has 0 amide bonds. The Labute approximate surface area is 106 Å². The number of nitrogens with zero attached hydrogens (tertiary/aromatic N) is 2. The molecule has 1 atom stereocenters. The Balaban J connectivity index is 2.36. The van der Waals surface area contributed by atoms with Crippen molar-refractivity contribution in [3.05, 3.63) is 33.9 Å². The molecule has 0 radical (unpaired) electrons. The van der Waals surface area contributed by atoms with Gasteiger partial charge in [-0.3, -0.25) is 10.1 Å². The number of rotatable bonds is 4. The second-order valence-electron chi connectivity index (χ2n) is 4.88. The summed E-state index contributed by atoms with van der Waals surface area (Å²) >= 11 is 0. The molecule has 1 aromatic carbocycles. The van der Waals surface area contributed by atoms with E-state index in [0.717, 1.165) is 12.8 Å². The van der Waals surface area contributed by atoms with Gasteiger partial charge in [-0.2, -0.15) is 0 Å². The largest absolute Gasteiger partial charge is 0.389 e. The van der Waals surface area contributed by atoms with E-state index in [1.807, 2.05) is 11.9 Å². The zero-order valence-electron chi connectivity index (χ0n) is 10.7. The van der Waals surface area contributed by atoms with Crippen molar-refractivity contribution in [1.82, 2.24) is 0 Å². The molecule has 1 aliphatic rings. The summed E-state index contributed by atoms with van der Waals surface area (Å²) in [5, 5.41) is 20.6. The van der Waals surface area contributed by atoms with Gasteiger partial charge in [0.1, 0.15) is 5.69 Å². The highest BCUT2D eigenvalue weighted by Crippen LogP contribution is 2.35. The third-order valence-electron chi connectivity index (χ3n) is 3.68. The molecule has 0 aromatic heterocycles. The first-order valence-electron chi connectivity index (χ1n) is 6.20. The minimum absolute atomic E-state index is 0.0720. The number of nitro groups is 1. The monoisotopic (exact) mass is 250 g/mol. The Kier molecular flexibility index (Phi) is 3.52. The highest BCUT2D eigenvalue weighted by atomic mass is 16.6. The number of hydrogen-bond acceptors (Lipinski definition) is 4. The molecule has 0 aliphatic heterocycles. The molecule has 0 saturated heterocycles. The first kappa shape index (κ1) is 12.8. The molecule has 2 rings (SSSR count). The summed E-state index contributed by atoms with van der Waals surface area (Å²) in [4.78, 5) is 12.7. The van der Waals surface area contributed by atoms with Gasteiger partial charge in [-0.1, -0.05) is 6.07 Å². The van der Waals surface area contributed by atoms with Gasteiger partial charge in [0, 0.05) is 19.2 Å². The molecule has 18 heavy (non-hydrogen) atoms. The minimum Gasteiger partial charge on any atom is -0.389 e. The van der Waals surface area contributed by atoms with Crippen molar-refractivity contribution < 1.29 is 10.0 Å². The summed E-state index contributed by atoms with van der Waals surface area (Å²) in [6, 6.07) is 5.36. The van der Waals surface area contributed by atoms with Crippen molar-refractivity contribution in [3.63, 3.8) is 0 Å². The summed E-state index contributed by atoms with van der Waals surface area (Å²) in [6.45, 7) is 1.61. The van der Waals surface area contributed by atoms with E-state index < -0.39 is 6.10 Å². The van der Waals surface area contributed by atoms with Crippen LogP contribution in [-0.4, -0.2) is 23.1 Å².